The van der Waals surface area contributed by atoms with E-state index in [-0.39, 0.29) is 11.8 Å². The molecule has 1 saturated heterocycles. The highest BCUT2D eigenvalue weighted by Gasteiger charge is 2.44. The zero-order valence-corrected chi connectivity index (χ0v) is 10.8. The number of hydrogen-bond acceptors (Lipinski definition) is 4. The van der Waals surface area contributed by atoms with Crippen molar-refractivity contribution in [3.63, 3.8) is 0 Å². The third-order valence-electron chi connectivity index (χ3n) is 3.12. The largest absolute Gasteiger partial charge is 0.364 e. The van der Waals surface area contributed by atoms with Crippen LogP contribution in [0.2, 0.25) is 0 Å². The molecule has 1 aromatic rings. The lowest BCUT2D eigenvalue weighted by atomic mass is 9.95. The fourth-order valence-electron chi connectivity index (χ4n) is 2.17. The second-order valence-corrected chi connectivity index (χ2v) is 4.96. The number of rotatable bonds is 3. The van der Waals surface area contributed by atoms with Gasteiger partial charge in [-0.05, 0) is 20.3 Å². The molecule has 1 aliphatic heterocycles. The van der Waals surface area contributed by atoms with Gasteiger partial charge in [0.2, 0.25) is 11.8 Å². The van der Waals surface area contributed by atoms with Crippen molar-refractivity contribution in [2.24, 2.45) is 0 Å². The van der Waals surface area contributed by atoms with E-state index in [1.165, 1.54) is 6.26 Å². The molecular formula is C12H17N3O3. The van der Waals surface area contributed by atoms with Crippen LogP contribution in [0.3, 0.4) is 0 Å². The zero-order valence-electron chi connectivity index (χ0n) is 10.8. The van der Waals surface area contributed by atoms with E-state index in [9.17, 15) is 9.59 Å². The first kappa shape index (κ1) is 12.6. The fraction of sp³-hybridized carbons (Fsp3) is 0.583. The molecule has 0 spiro atoms. The van der Waals surface area contributed by atoms with Crippen LogP contribution in [-0.4, -0.2) is 33.5 Å². The van der Waals surface area contributed by atoms with Crippen molar-refractivity contribution < 1.29 is 14.1 Å². The Morgan fingerprint density at radius 1 is 1.50 bits per heavy atom. The van der Waals surface area contributed by atoms with Gasteiger partial charge in [0, 0.05) is 6.07 Å². The van der Waals surface area contributed by atoms with E-state index in [1.54, 1.807) is 24.8 Å². The first-order valence-electron chi connectivity index (χ1n) is 5.98. The van der Waals surface area contributed by atoms with Crippen molar-refractivity contribution in [2.75, 3.05) is 0 Å². The highest BCUT2D eigenvalue weighted by Crippen LogP contribution is 2.21. The van der Waals surface area contributed by atoms with E-state index in [0.29, 0.717) is 18.7 Å². The van der Waals surface area contributed by atoms with Crippen LogP contribution >= 0.6 is 0 Å². The number of amides is 2. The van der Waals surface area contributed by atoms with Gasteiger partial charge in [-0.1, -0.05) is 12.1 Å². The predicted molar refractivity (Wildman–Crippen MR) is 63.4 cm³/mol. The van der Waals surface area contributed by atoms with Gasteiger partial charge in [-0.2, -0.15) is 0 Å². The van der Waals surface area contributed by atoms with Gasteiger partial charge in [-0.15, -0.1) is 0 Å². The molecule has 2 amide bonds. The maximum atomic E-state index is 12.3. The maximum Gasteiger partial charge on any atom is 0.248 e. The summed E-state index contributed by atoms with van der Waals surface area (Å²) < 4.78 is 4.75. The predicted octanol–water partition coefficient (Wildman–Crippen LogP) is 0.690. The molecule has 1 N–H and O–H groups in total. The van der Waals surface area contributed by atoms with Crippen molar-refractivity contribution in [3.05, 3.63) is 18.0 Å². The van der Waals surface area contributed by atoms with Crippen LogP contribution in [-0.2, 0) is 16.1 Å². The minimum absolute atomic E-state index is 0.100. The lowest BCUT2D eigenvalue weighted by Gasteiger charge is -2.42. The number of hydrogen-bond donors (Lipinski definition) is 1. The zero-order chi connectivity index (χ0) is 13.3. The van der Waals surface area contributed by atoms with Crippen LogP contribution in [0.25, 0.3) is 0 Å². The molecular weight excluding hydrogens is 234 g/mol. The molecule has 2 heterocycles. The summed E-state index contributed by atoms with van der Waals surface area (Å²) >= 11 is 0. The van der Waals surface area contributed by atoms with Crippen LogP contribution < -0.4 is 5.32 Å². The summed E-state index contributed by atoms with van der Waals surface area (Å²) in [5.74, 6) is -0.220. The van der Waals surface area contributed by atoms with Crippen LogP contribution in [0, 0.1) is 0 Å². The first-order valence-corrected chi connectivity index (χ1v) is 5.98. The lowest BCUT2D eigenvalue weighted by molar-refractivity contribution is -0.154. The maximum absolute atomic E-state index is 12.3. The molecule has 1 aromatic heterocycles. The quantitative estimate of drug-likeness (QED) is 0.857. The minimum Gasteiger partial charge on any atom is -0.364 e. The van der Waals surface area contributed by atoms with Crippen molar-refractivity contribution >= 4 is 11.8 Å². The molecule has 18 heavy (non-hydrogen) atoms. The summed E-state index contributed by atoms with van der Waals surface area (Å²) in [4.78, 5) is 25.9. The van der Waals surface area contributed by atoms with Crippen LogP contribution in [0.15, 0.2) is 16.9 Å². The molecule has 1 aliphatic rings. The van der Waals surface area contributed by atoms with Gasteiger partial charge in [-0.25, -0.2) is 0 Å². The summed E-state index contributed by atoms with van der Waals surface area (Å²) in [6, 6.07) is 1.25. The molecule has 0 radical (unpaired) electrons. The molecule has 0 aliphatic carbocycles. The van der Waals surface area contributed by atoms with E-state index in [4.69, 9.17) is 4.52 Å². The Labute approximate surface area is 105 Å². The average molecular weight is 251 g/mol. The molecule has 0 bridgehead atoms. The van der Waals surface area contributed by atoms with E-state index in [2.05, 4.69) is 10.5 Å². The number of nitrogens with zero attached hydrogens (tertiary/aromatic N) is 2. The molecule has 0 saturated carbocycles. The van der Waals surface area contributed by atoms with E-state index in [0.717, 1.165) is 0 Å². The molecule has 2 rings (SSSR count). The van der Waals surface area contributed by atoms with Crippen molar-refractivity contribution in [1.29, 1.82) is 0 Å². The van der Waals surface area contributed by atoms with E-state index < -0.39 is 11.6 Å². The van der Waals surface area contributed by atoms with Crippen molar-refractivity contribution in [3.8, 4) is 0 Å². The van der Waals surface area contributed by atoms with Gasteiger partial charge < -0.3 is 14.7 Å². The standard InChI is InChI=1S/C12H17N3O3/c1-4-9-10(16)13-12(2,3)11(17)15(9)7-8-5-6-18-14-8/h5-6,9H,4,7H2,1-3H3,(H,13,16). The second kappa shape index (κ2) is 4.44. The van der Waals surface area contributed by atoms with Crippen LogP contribution in [0.4, 0.5) is 0 Å². The van der Waals surface area contributed by atoms with Gasteiger partial charge in [0.1, 0.15) is 23.5 Å². The lowest BCUT2D eigenvalue weighted by Crippen LogP contribution is -2.67. The van der Waals surface area contributed by atoms with Gasteiger partial charge in [-0.3, -0.25) is 9.59 Å². The number of nitrogens with one attached hydrogen (secondary N) is 1. The van der Waals surface area contributed by atoms with Gasteiger partial charge in [0.25, 0.3) is 0 Å². The minimum atomic E-state index is -0.869. The molecule has 98 valence electrons. The average Bonchev–Trinajstić information content (AvgIpc) is 2.78. The number of carbonyl (C=O) groups excluding carboxylic acids is 2. The number of aromatic nitrogens is 1. The summed E-state index contributed by atoms with van der Waals surface area (Å²) in [6.07, 6.45) is 2.03. The fourth-order valence-corrected chi connectivity index (χ4v) is 2.17. The molecule has 6 heteroatoms. The molecule has 0 aromatic carbocycles. The smallest absolute Gasteiger partial charge is 0.248 e. The van der Waals surface area contributed by atoms with Gasteiger partial charge in [0.15, 0.2) is 0 Å². The third kappa shape index (κ3) is 2.10. The highest BCUT2D eigenvalue weighted by molar-refractivity contribution is 5.99. The number of piperazine rings is 1. The Kier molecular flexibility index (Phi) is 3.11. The Bertz CT molecular complexity index is 453. The van der Waals surface area contributed by atoms with Crippen LogP contribution in [0.1, 0.15) is 32.9 Å². The van der Waals surface area contributed by atoms with Gasteiger partial charge in [0.05, 0.1) is 6.54 Å². The molecule has 1 atom stereocenters. The van der Waals surface area contributed by atoms with Crippen LogP contribution in [0.5, 0.6) is 0 Å². The highest BCUT2D eigenvalue weighted by atomic mass is 16.5. The summed E-state index contributed by atoms with van der Waals surface area (Å²) in [6.45, 7) is 5.58. The third-order valence-corrected chi connectivity index (χ3v) is 3.12. The van der Waals surface area contributed by atoms with Gasteiger partial charge >= 0.3 is 0 Å². The Morgan fingerprint density at radius 2 is 2.22 bits per heavy atom. The summed E-state index contributed by atoms with van der Waals surface area (Å²) in [5, 5.41) is 6.53. The molecule has 6 nitrogen and oxygen atoms in total. The van der Waals surface area contributed by atoms with Crippen molar-refractivity contribution in [1.82, 2.24) is 15.4 Å². The van der Waals surface area contributed by atoms with Crippen molar-refractivity contribution in [2.45, 2.75) is 45.3 Å². The second-order valence-electron chi connectivity index (χ2n) is 4.96. The van der Waals surface area contributed by atoms with E-state index in [1.807, 2.05) is 6.92 Å². The molecule has 1 unspecified atom stereocenters. The SMILES string of the molecule is CCC1C(=O)NC(C)(C)C(=O)N1Cc1ccon1. The molecule has 1 fully saturated rings. The summed E-state index contributed by atoms with van der Waals surface area (Å²) in [7, 11) is 0. The Hall–Kier alpha value is -1.85. The normalized spacial score (nSPS) is 23.1. The Morgan fingerprint density at radius 3 is 2.78 bits per heavy atom. The summed E-state index contributed by atoms with van der Waals surface area (Å²) in [5.41, 5.74) is -0.223. The number of carbonyl (C=O) groups is 2. The first-order chi connectivity index (χ1) is 8.45. The van der Waals surface area contributed by atoms with E-state index >= 15 is 0 Å². The monoisotopic (exact) mass is 251 g/mol. The Balaban J connectivity index is 2.27. The topological polar surface area (TPSA) is 75.4 Å².